The van der Waals surface area contributed by atoms with Crippen LogP contribution in [0, 0.1) is 0 Å². The number of ether oxygens (including phenoxy) is 1. The van der Waals surface area contributed by atoms with E-state index in [0.29, 0.717) is 10.8 Å². The van der Waals surface area contributed by atoms with Crippen molar-refractivity contribution >= 4 is 43.5 Å². The van der Waals surface area contributed by atoms with Gasteiger partial charge in [-0.2, -0.15) is 0 Å². The molecule has 5 heteroatoms. The molecule has 0 heterocycles. The van der Waals surface area contributed by atoms with Crippen LogP contribution in [0.4, 0.5) is 0 Å². The van der Waals surface area contributed by atoms with Crippen LogP contribution in [0.15, 0.2) is 45.3 Å². The van der Waals surface area contributed by atoms with E-state index in [-0.39, 0.29) is 6.04 Å². The van der Waals surface area contributed by atoms with Crippen LogP contribution < -0.4 is 10.5 Å². The second kappa shape index (κ2) is 6.27. The maximum absolute atomic E-state index is 6.31. The van der Waals surface area contributed by atoms with E-state index >= 15 is 0 Å². The van der Waals surface area contributed by atoms with Gasteiger partial charge in [-0.15, -0.1) is 0 Å². The van der Waals surface area contributed by atoms with Crippen molar-refractivity contribution in [1.29, 1.82) is 0 Å². The third kappa shape index (κ3) is 3.31. The molecule has 0 radical (unpaired) electrons. The van der Waals surface area contributed by atoms with E-state index in [9.17, 15) is 0 Å². The Kier molecular flexibility index (Phi) is 4.90. The van der Waals surface area contributed by atoms with Crippen molar-refractivity contribution in [1.82, 2.24) is 0 Å². The zero-order chi connectivity index (χ0) is 14.0. The largest absolute Gasteiger partial charge is 0.495 e. The predicted octanol–water partition coefficient (Wildman–Crippen LogP) is 4.92. The molecular weight excluding hydrogens is 393 g/mol. The highest BCUT2D eigenvalue weighted by molar-refractivity contribution is 9.10. The van der Waals surface area contributed by atoms with Crippen LogP contribution in [-0.4, -0.2) is 7.11 Å². The molecule has 19 heavy (non-hydrogen) atoms. The molecule has 0 bridgehead atoms. The van der Waals surface area contributed by atoms with Gasteiger partial charge in [-0.25, -0.2) is 0 Å². The molecule has 2 aromatic rings. The summed E-state index contributed by atoms with van der Waals surface area (Å²) < 4.78 is 7.22. The van der Waals surface area contributed by atoms with Crippen molar-refractivity contribution in [3.8, 4) is 5.75 Å². The van der Waals surface area contributed by atoms with E-state index in [2.05, 4.69) is 31.9 Å². The van der Waals surface area contributed by atoms with E-state index in [4.69, 9.17) is 22.1 Å². The van der Waals surface area contributed by atoms with Crippen LogP contribution in [0.25, 0.3) is 0 Å². The van der Waals surface area contributed by atoms with Crippen molar-refractivity contribution in [2.75, 3.05) is 7.11 Å². The van der Waals surface area contributed by atoms with Crippen LogP contribution >= 0.6 is 43.5 Å². The number of benzene rings is 2. The van der Waals surface area contributed by atoms with Gasteiger partial charge in [0.25, 0.3) is 0 Å². The Morgan fingerprint density at radius 2 is 1.79 bits per heavy atom. The summed E-state index contributed by atoms with van der Waals surface area (Å²) in [6.45, 7) is 0. The van der Waals surface area contributed by atoms with E-state index in [1.807, 2.05) is 30.3 Å². The van der Waals surface area contributed by atoms with Crippen LogP contribution in [-0.2, 0) is 0 Å². The van der Waals surface area contributed by atoms with E-state index in [0.717, 1.165) is 20.1 Å². The first-order valence-corrected chi connectivity index (χ1v) is 7.53. The van der Waals surface area contributed by atoms with Crippen molar-refractivity contribution in [2.45, 2.75) is 6.04 Å². The fraction of sp³-hybridized carbons (Fsp3) is 0.143. The maximum Gasteiger partial charge on any atom is 0.138 e. The first kappa shape index (κ1) is 14.9. The molecule has 2 N–H and O–H groups in total. The molecule has 0 saturated heterocycles. The molecule has 0 saturated carbocycles. The highest BCUT2D eigenvalue weighted by atomic mass is 79.9. The standard InChI is InChI=1S/C14H12Br2ClNO/c1-19-14-11(6-10(17)7-12(14)16)13(18)8-2-4-9(15)5-3-8/h2-7,13H,18H2,1H3. The molecule has 0 aliphatic carbocycles. The van der Waals surface area contributed by atoms with E-state index < -0.39 is 0 Å². The van der Waals surface area contributed by atoms with Crippen LogP contribution in [0.5, 0.6) is 5.75 Å². The lowest BCUT2D eigenvalue weighted by Crippen LogP contribution is -2.13. The third-order valence-electron chi connectivity index (χ3n) is 2.81. The van der Waals surface area contributed by atoms with Gasteiger partial charge in [-0.05, 0) is 45.8 Å². The Morgan fingerprint density at radius 3 is 2.37 bits per heavy atom. The molecule has 100 valence electrons. The van der Waals surface area contributed by atoms with Gasteiger partial charge in [-0.1, -0.05) is 39.7 Å². The van der Waals surface area contributed by atoms with E-state index in [1.54, 1.807) is 13.2 Å². The predicted molar refractivity (Wildman–Crippen MR) is 85.9 cm³/mol. The SMILES string of the molecule is COc1c(Br)cc(Cl)cc1C(N)c1ccc(Br)cc1. The minimum absolute atomic E-state index is 0.293. The second-order valence-corrected chi connectivity index (χ2v) is 6.25. The fourth-order valence-electron chi connectivity index (χ4n) is 1.88. The number of methoxy groups -OCH3 is 1. The summed E-state index contributed by atoms with van der Waals surface area (Å²) in [4.78, 5) is 0. The lowest BCUT2D eigenvalue weighted by atomic mass is 9.99. The van der Waals surface area contributed by atoms with Gasteiger partial charge in [0.05, 0.1) is 17.6 Å². The summed E-state index contributed by atoms with van der Waals surface area (Å²) in [7, 11) is 1.62. The minimum Gasteiger partial charge on any atom is -0.495 e. The molecule has 0 amide bonds. The monoisotopic (exact) mass is 403 g/mol. The van der Waals surface area contributed by atoms with Gasteiger partial charge in [0.2, 0.25) is 0 Å². The van der Waals surface area contributed by atoms with Crippen molar-refractivity contribution in [3.05, 3.63) is 61.5 Å². The summed E-state index contributed by atoms with van der Waals surface area (Å²) in [5.74, 6) is 0.708. The highest BCUT2D eigenvalue weighted by Crippen LogP contribution is 2.37. The van der Waals surface area contributed by atoms with Gasteiger partial charge >= 0.3 is 0 Å². The molecule has 2 aromatic carbocycles. The first-order valence-electron chi connectivity index (χ1n) is 5.57. The normalized spacial score (nSPS) is 12.3. The molecule has 0 fully saturated rings. The molecule has 0 spiro atoms. The number of hydrogen-bond acceptors (Lipinski definition) is 2. The molecule has 2 rings (SSSR count). The van der Waals surface area contributed by atoms with Gasteiger partial charge in [-0.3, -0.25) is 0 Å². The highest BCUT2D eigenvalue weighted by Gasteiger charge is 2.17. The molecule has 2 nitrogen and oxygen atoms in total. The number of nitrogens with two attached hydrogens (primary N) is 1. The summed E-state index contributed by atoms with van der Waals surface area (Å²) in [6, 6.07) is 11.2. The molecular formula is C14H12Br2ClNO. The Bertz CT molecular complexity index is 587. The summed E-state index contributed by atoms with van der Waals surface area (Å²) in [5, 5.41) is 0.621. The van der Waals surface area contributed by atoms with Crippen molar-refractivity contribution < 1.29 is 4.74 Å². The van der Waals surface area contributed by atoms with Crippen molar-refractivity contribution in [3.63, 3.8) is 0 Å². The Balaban J connectivity index is 2.48. The fourth-order valence-corrected chi connectivity index (χ4v) is 3.14. The number of hydrogen-bond donors (Lipinski definition) is 1. The molecule has 0 aliphatic heterocycles. The minimum atomic E-state index is -0.293. The zero-order valence-electron chi connectivity index (χ0n) is 10.2. The Morgan fingerprint density at radius 1 is 1.16 bits per heavy atom. The lowest BCUT2D eigenvalue weighted by molar-refractivity contribution is 0.405. The smallest absolute Gasteiger partial charge is 0.138 e. The van der Waals surface area contributed by atoms with Gasteiger partial charge < -0.3 is 10.5 Å². The number of halogens is 3. The maximum atomic E-state index is 6.31. The average Bonchev–Trinajstić information content (AvgIpc) is 2.38. The van der Waals surface area contributed by atoms with Crippen molar-refractivity contribution in [2.24, 2.45) is 5.73 Å². The van der Waals surface area contributed by atoms with Crippen LogP contribution in [0.3, 0.4) is 0 Å². The van der Waals surface area contributed by atoms with E-state index in [1.165, 1.54) is 0 Å². The van der Waals surface area contributed by atoms with Gasteiger partial charge in [0.1, 0.15) is 5.75 Å². The quantitative estimate of drug-likeness (QED) is 0.787. The topological polar surface area (TPSA) is 35.2 Å². The summed E-state index contributed by atoms with van der Waals surface area (Å²) in [6.07, 6.45) is 0. The number of rotatable bonds is 3. The summed E-state index contributed by atoms with van der Waals surface area (Å²) in [5.41, 5.74) is 8.15. The van der Waals surface area contributed by atoms with Gasteiger partial charge in [0, 0.05) is 15.1 Å². The molecule has 0 aliphatic rings. The lowest BCUT2D eigenvalue weighted by Gasteiger charge is -2.18. The second-order valence-electron chi connectivity index (χ2n) is 4.04. The zero-order valence-corrected chi connectivity index (χ0v) is 14.1. The first-order chi connectivity index (χ1) is 9.02. The average molecular weight is 406 g/mol. The van der Waals surface area contributed by atoms with Crippen LogP contribution in [0.1, 0.15) is 17.2 Å². The third-order valence-corrected chi connectivity index (χ3v) is 4.14. The molecule has 0 aromatic heterocycles. The molecule has 1 unspecified atom stereocenters. The van der Waals surface area contributed by atoms with Gasteiger partial charge in [0.15, 0.2) is 0 Å². The van der Waals surface area contributed by atoms with Crippen LogP contribution in [0.2, 0.25) is 5.02 Å². The molecule has 1 atom stereocenters. The Hall–Kier alpha value is -0.550. The Labute approximate surface area is 134 Å². The summed E-state index contributed by atoms with van der Waals surface area (Å²) >= 11 is 12.9.